The van der Waals surface area contributed by atoms with E-state index in [2.05, 4.69) is 4.98 Å². The van der Waals surface area contributed by atoms with Gasteiger partial charge < -0.3 is 14.2 Å². The number of fused-ring (bicyclic) bond motifs is 1. The number of aryl methyl sites for hydroxylation is 1. The van der Waals surface area contributed by atoms with Crippen molar-refractivity contribution >= 4 is 11.9 Å². The molecular weight excluding hydrogens is 282 g/mol. The summed E-state index contributed by atoms with van der Waals surface area (Å²) in [5.41, 5.74) is 2.64. The van der Waals surface area contributed by atoms with Crippen LogP contribution in [0.25, 0.3) is 0 Å². The van der Waals surface area contributed by atoms with E-state index in [9.17, 15) is 9.59 Å². The molecule has 2 aromatic rings. The van der Waals surface area contributed by atoms with Gasteiger partial charge in [0.25, 0.3) is 5.91 Å². The highest BCUT2D eigenvalue weighted by Crippen LogP contribution is 2.21. The molecule has 0 fully saturated rings. The number of hydrogen-bond acceptors (Lipinski definition) is 4. The largest absolute Gasteiger partial charge is 0.427 e. The lowest BCUT2D eigenvalue weighted by Crippen LogP contribution is -2.36. The van der Waals surface area contributed by atoms with Gasteiger partial charge in [0.2, 0.25) is 0 Å². The zero-order chi connectivity index (χ0) is 15.7. The van der Waals surface area contributed by atoms with Gasteiger partial charge in [-0.1, -0.05) is 6.07 Å². The van der Waals surface area contributed by atoms with E-state index in [0.717, 1.165) is 17.8 Å². The fourth-order valence-corrected chi connectivity index (χ4v) is 2.63. The first-order valence-corrected chi connectivity index (χ1v) is 7.11. The number of aromatic nitrogens is 2. The lowest BCUT2D eigenvalue weighted by Gasteiger charge is -2.27. The Labute approximate surface area is 128 Å². The minimum atomic E-state index is -0.401. The molecule has 0 bridgehead atoms. The molecule has 114 valence electrons. The average Bonchev–Trinajstić information content (AvgIpc) is 2.87. The van der Waals surface area contributed by atoms with Gasteiger partial charge in [0.1, 0.15) is 5.75 Å². The summed E-state index contributed by atoms with van der Waals surface area (Å²) in [5.74, 6) is -0.0838. The number of nitrogens with zero attached hydrogens (tertiary/aromatic N) is 3. The molecule has 1 aromatic carbocycles. The maximum atomic E-state index is 12.6. The molecular formula is C16H17N3O3. The molecule has 6 heteroatoms. The van der Waals surface area contributed by atoms with Gasteiger partial charge in [-0.05, 0) is 18.2 Å². The van der Waals surface area contributed by atoms with Crippen LogP contribution < -0.4 is 4.74 Å². The van der Waals surface area contributed by atoms with Gasteiger partial charge in [-0.15, -0.1) is 0 Å². The number of carbonyl (C=O) groups excluding carboxylic acids is 2. The summed E-state index contributed by atoms with van der Waals surface area (Å²) in [6, 6.07) is 6.70. The Morgan fingerprint density at radius 2 is 2.14 bits per heavy atom. The molecule has 6 nitrogen and oxygen atoms in total. The molecule has 0 unspecified atom stereocenters. The Morgan fingerprint density at radius 3 is 2.91 bits per heavy atom. The Balaban J connectivity index is 1.80. The average molecular weight is 299 g/mol. The number of rotatable bonds is 2. The molecule has 1 aromatic heterocycles. The molecule has 1 aliphatic heterocycles. The zero-order valence-corrected chi connectivity index (χ0v) is 12.6. The van der Waals surface area contributed by atoms with Gasteiger partial charge >= 0.3 is 5.97 Å². The lowest BCUT2D eigenvalue weighted by molar-refractivity contribution is -0.131. The second kappa shape index (κ2) is 5.63. The molecule has 0 radical (unpaired) electrons. The van der Waals surface area contributed by atoms with E-state index >= 15 is 0 Å². The van der Waals surface area contributed by atoms with Crippen LogP contribution in [0.5, 0.6) is 5.75 Å². The first-order chi connectivity index (χ1) is 10.5. The smallest absolute Gasteiger partial charge is 0.308 e. The summed E-state index contributed by atoms with van der Waals surface area (Å²) in [6.45, 7) is 2.52. The van der Waals surface area contributed by atoms with Crippen molar-refractivity contribution in [3.8, 4) is 5.75 Å². The van der Waals surface area contributed by atoms with Crippen LogP contribution in [0.15, 0.2) is 30.6 Å². The van der Waals surface area contributed by atoms with Crippen LogP contribution in [-0.4, -0.2) is 32.9 Å². The fraction of sp³-hybridized carbons (Fsp3) is 0.312. The van der Waals surface area contributed by atoms with E-state index in [-0.39, 0.29) is 5.91 Å². The van der Waals surface area contributed by atoms with Crippen LogP contribution in [-0.2, 0) is 24.8 Å². The zero-order valence-electron chi connectivity index (χ0n) is 12.6. The summed E-state index contributed by atoms with van der Waals surface area (Å²) in [5, 5.41) is 0. The van der Waals surface area contributed by atoms with E-state index < -0.39 is 5.97 Å². The number of esters is 1. The minimum Gasteiger partial charge on any atom is -0.427 e. The van der Waals surface area contributed by atoms with Gasteiger partial charge in [-0.2, -0.15) is 0 Å². The van der Waals surface area contributed by atoms with Crippen LogP contribution >= 0.6 is 0 Å². The first kappa shape index (κ1) is 14.3. The Kier molecular flexibility index (Phi) is 3.66. The molecule has 2 heterocycles. The number of ether oxygens (including phenoxy) is 1. The van der Waals surface area contributed by atoms with Crippen LogP contribution in [0.3, 0.4) is 0 Å². The maximum Gasteiger partial charge on any atom is 0.308 e. The first-order valence-electron chi connectivity index (χ1n) is 7.11. The maximum absolute atomic E-state index is 12.6. The molecule has 0 aliphatic carbocycles. The fourth-order valence-electron chi connectivity index (χ4n) is 2.63. The standard InChI is InChI=1S/C16H17N3O3/c1-11(20)22-13-5-3-4-12(8-13)16(21)19-7-6-14-15(9-19)18(2)10-17-14/h3-5,8,10H,6-7,9H2,1-2H3. The Morgan fingerprint density at radius 1 is 1.32 bits per heavy atom. The summed E-state index contributed by atoms with van der Waals surface area (Å²) >= 11 is 0. The van der Waals surface area contributed by atoms with Crippen LogP contribution in [0, 0.1) is 0 Å². The monoisotopic (exact) mass is 299 g/mol. The van der Waals surface area contributed by atoms with Crippen LogP contribution in [0.4, 0.5) is 0 Å². The van der Waals surface area contributed by atoms with E-state index in [1.54, 1.807) is 35.5 Å². The third-order valence-electron chi connectivity index (χ3n) is 3.73. The highest BCUT2D eigenvalue weighted by atomic mass is 16.5. The van der Waals surface area contributed by atoms with Crippen LogP contribution in [0.2, 0.25) is 0 Å². The topological polar surface area (TPSA) is 64.4 Å². The molecule has 3 rings (SSSR count). The second-order valence-electron chi connectivity index (χ2n) is 5.35. The van der Waals surface area contributed by atoms with Crippen molar-refractivity contribution < 1.29 is 14.3 Å². The van der Waals surface area contributed by atoms with Gasteiger partial charge in [0, 0.05) is 32.5 Å². The van der Waals surface area contributed by atoms with Gasteiger partial charge in [0.15, 0.2) is 0 Å². The second-order valence-corrected chi connectivity index (χ2v) is 5.35. The van der Waals surface area contributed by atoms with E-state index in [1.165, 1.54) is 6.92 Å². The lowest BCUT2D eigenvalue weighted by atomic mass is 10.1. The summed E-state index contributed by atoms with van der Waals surface area (Å²) < 4.78 is 6.98. The predicted octanol–water partition coefficient (Wildman–Crippen LogP) is 1.54. The molecule has 1 aliphatic rings. The number of hydrogen-bond donors (Lipinski definition) is 0. The molecule has 22 heavy (non-hydrogen) atoms. The van der Waals surface area contributed by atoms with E-state index in [1.807, 2.05) is 11.6 Å². The number of amides is 1. The normalized spacial score (nSPS) is 13.6. The van der Waals surface area contributed by atoms with Crippen molar-refractivity contribution in [2.75, 3.05) is 6.54 Å². The van der Waals surface area contributed by atoms with E-state index in [0.29, 0.717) is 24.4 Å². The van der Waals surface area contributed by atoms with Gasteiger partial charge in [-0.25, -0.2) is 4.98 Å². The van der Waals surface area contributed by atoms with Crippen molar-refractivity contribution in [3.05, 3.63) is 47.5 Å². The van der Waals surface area contributed by atoms with Gasteiger partial charge in [0.05, 0.1) is 24.3 Å². The molecule has 0 atom stereocenters. The highest BCUT2D eigenvalue weighted by molar-refractivity contribution is 5.94. The molecule has 0 saturated heterocycles. The van der Waals surface area contributed by atoms with Crippen LogP contribution in [0.1, 0.15) is 28.7 Å². The molecule has 0 saturated carbocycles. The quantitative estimate of drug-likeness (QED) is 0.623. The highest BCUT2D eigenvalue weighted by Gasteiger charge is 2.24. The molecule has 1 amide bonds. The predicted molar refractivity (Wildman–Crippen MR) is 79.4 cm³/mol. The van der Waals surface area contributed by atoms with Crippen molar-refractivity contribution in [1.29, 1.82) is 0 Å². The number of imidazole rings is 1. The Hall–Kier alpha value is -2.63. The molecule has 0 spiro atoms. The number of benzene rings is 1. The van der Waals surface area contributed by atoms with Gasteiger partial charge in [-0.3, -0.25) is 9.59 Å². The summed E-state index contributed by atoms with van der Waals surface area (Å²) in [6.07, 6.45) is 2.53. The van der Waals surface area contributed by atoms with Crippen molar-refractivity contribution in [2.24, 2.45) is 7.05 Å². The van der Waals surface area contributed by atoms with Crippen molar-refractivity contribution in [1.82, 2.24) is 14.5 Å². The third kappa shape index (κ3) is 2.72. The molecule has 0 N–H and O–H groups in total. The minimum absolute atomic E-state index is 0.0687. The summed E-state index contributed by atoms with van der Waals surface area (Å²) in [7, 11) is 1.93. The van der Waals surface area contributed by atoms with E-state index in [4.69, 9.17) is 4.74 Å². The van der Waals surface area contributed by atoms with Crippen molar-refractivity contribution in [3.63, 3.8) is 0 Å². The summed E-state index contributed by atoms with van der Waals surface area (Å²) in [4.78, 5) is 29.8. The number of carbonyl (C=O) groups is 2. The van der Waals surface area contributed by atoms with Crippen molar-refractivity contribution in [2.45, 2.75) is 19.9 Å². The third-order valence-corrected chi connectivity index (χ3v) is 3.73. The Bertz CT molecular complexity index is 736. The SMILES string of the molecule is CC(=O)Oc1cccc(C(=O)N2CCc3ncn(C)c3C2)c1.